The molecule has 2 heteroatoms. The Morgan fingerprint density at radius 3 is 2.00 bits per heavy atom. The molecule has 72 valence electrons. The first kappa shape index (κ1) is 14.0. The minimum absolute atomic E-state index is 0.366. The Labute approximate surface area is 79.9 Å². The quantitative estimate of drug-likeness (QED) is 0.288. The maximum Gasteiger partial charge on any atom is 0.333 e. The molecule has 13 heavy (non-hydrogen) atoms. The molecule has 0 rings (SSSR count). The smallest absolute Gasteiger partial charge is 0.333 e. The maximum atomic E-state index is 10.5. The number of carbonyl (C=O) groups is 1. The van der Waals surface area contributed by atoms with Gasteiger partial charge in [-0.1, -0.05) is 38.0 Å². The number of carbonyl (C=O) groups excluding carboxylic acids is 1. The van der Waals surface area contributed by atoms with Crippen LogP contribution in [0, 0.1) is 0 Å². The van der Waals surface area contributed by atoms with Crippen LogP contribution in [-0.2, 0) is 9.53 Å². The average molecular weight is 180 g/mol. The van der Waals surface area contributed by atoms with Crippen LogP contribution in [0.4, 0.5) is 0 Å². The molecular formula is C11H16O2. The first-order valence-electron chi connectivity index (χ1n) is 3.74. The van der Waals surface area contributed by atoms with E-state index in [0.717, 1.165) is 0 Å². The number of allylic oxidation sites excluding steroid dienone is 3. The summed E-state index contributed by atoms with van der Waals surface area (Å²) >= 11 is 0. The van der Waals surface area contributed by atoms with Gasteiger partial charge in [-0.05, 0) is 6.42 Å². The molecule has 0 amide bonds. The molecule has 0 fully saturated rings. The second-order valence-electron chi connectivity index (χ2n) is 2.06. The van der Waals surface area contributed by atoms with Crippen LogP contribution in [0.15, 0.2) is 50.1 Å². The predicted molar refractivity (Wildman–Crippen MR) is 56.4 cm³/mol. The SMILES string of the molecule is C=CC=C.C=CCC(=C)C(=O)OC. The number of esters is 1. The van der Waals surface area contributed by atoms with Gasteiger partial charge in [-0.3, -0.25) is 0 Å². The van der Waals surface area contributed by atoms with Gasteiger partial charge in [0.05, 0.1) is 7.11 Å². The first-order chi connectivity index (χ1) is 6.13. The Kier molecular flexibility index (Phi) is 11.2. The molecular weight excluding hydrogens is 164 g/mol. The summed E-state index contributed by atoms with van der Waals surface area (Å²) in [4.78, 5) is 10.5. The Balaban J connectivity index is 0. The van der Waals surface area contributed by atoms with E-state index in [1.807, 2.05) is 0 Å². The zero-order chi connectivity index (χ0) is 10.7. The van der Waals surface area contributed by atoms with Crippen LogP contribution < -0.4 is 0 Å². The van der Waals surface area contributed by atoms with E-state index in [1.54, 1.807) is 18.2 Å². The monoisotopic (exact) mass is 180 g/mol. The van der Waals surface area contributed by atoms with Crippen molar-refractivity contribution in [1.82, 2.24) is 0 Å². The molecule has 0 radical (unpaired) electrons. The summed E-state index contributed by atoms with van der Waals surface area (Å²) in [5, 5.41) is 0. The molecule has 0 saturated carbocycles. The summed E-state index contributed by atoms with van der Waals surface area (Å²) < 4.78 is 4.38. The largest absolute Gasteiger partial charge is 0.466 e. The third kappa shape index (κ3) is 10.4. The normalized spacial score (nSPS) is 7.15. The minimum atomic E-state index is -0.366. The van der Waals surface area contributed by atoms with Gasteiger partial charge in [0.2, 0.25) is 0 Å². The summed E-state index contributed by atoms with van der Waals surface area (Å²) in [6.45, 7) is 13.6. The van der Waals surface area contributed by atoms with Crippen molar-refractivity contribution in [3.63, 3.8) is 0 Å². The molecule has 0 unspecified atom stereocenters. The van der Waals surface area contributed by atoms with Crippen molar-refractivity contribution in [3.05, 3.63) is 50.1 Å². The van der Waals surface area contributed by atoms with Crippen LogP contribution in [0.3, 0.4) is 0 Å². The standard InChI is InChI=1S/C7H10O2.C4H6/c1-4-5-6(2)7(8)9-3;1-3-4-2/h4H,1-2,5H2,3H3;3-4H,1-2H2. The van der Waals surface area contributed by atoms with E-state index in [0.29, 0.717) is 12.0 Å². The van der Waals surface area contributed by atoms with E-state index in [9.17, 15) is 4.79 Å². The van der Waals surface area contributed by atoms with Crippen molar-refractivity contribution in [3.8, 4) is 0 Å². The molecule has 0 saturated heterocycles. The molecule has 0 atom stereocenters. The van der Waals surface area contributed by atoms with Crippen LogP contribution in [0.5, 0.6) is 0 Å². The molecule has 0 bridgehead atoms. The van der Waals surface area contributed by atoms with Gasteiger partial charge in [0.1, 0.15) is 0 Å². The number of ether oxygens (including phenoxy) is 1. The number of methoxy groups -OCH3 is 1. The minimum Gasteiger partial charge on any atom is -0.466 e. The lowest BCUT2D eigenvalue weighted by atomic mass is 10.2. The van der Waals surface area contributed by atoms with Gasteiger partial charge in [-0.25, -0.2) is 4.79 Å². The summed E-state index contributed by atoms with van der Waals surface area (Å²) in [7, 11) is 1.33. The van der Waals surface area contributed by atoms with Gasteiger partial charge in [0.15, 0.2) is 0 Å². The topological polar surface area (TPSA) is 26.3 Å². The highest BCUT2D eigenvalue weighted by atomic mass is 16.5. The lowest BCUT2D eigenvalue weighted by molar-refractivity contribution is -0.136. The third-order valence-corrected chi connectivity index (χ3v) is 1.03. The Bertz CT molecular complexity index is 196. The average Bonchev–Trinajstić information content (AvgIpc) is 2.17. The molecule has 0 aromatic carbocycles. The fourth-order valence-electron chi connectivity index (χ4n) is 0.402. The van der Waals surface area contributed by atoms with Gasteiger partial charge in [-0.15, -0.1) is 6.58 Å². The van der Waals surface area contributed by atoms with Gasteiger partial charge in [0.25, 0.3) is 0 Å². The summed E-state index contributed by atoms with van der Waals surface area (Å²) in [6.07, 6.45) is 5.38. The summed E-state index contributed by atoms with van der Waals surface area (Å²) in [5.74, 6) is -0.366. The molecule has 0 aliphatic rings. The van der Waals surface area contributed by atoms with E-state index < -0.39 is 0 Å². The Hall–Kier alpha value is -1.57. The zero-order valence-corrected chi connectivity index (χ0v) is 8.08. The molecule has 0 aromatic heterocycles. The van der Waals surface area contributed by atoms with Crippen molar-refractivity contribution in [2.45, 2.75) is 6.42 Å². The van der Waals surface area contributed by atoms with Gasteiger partial charge in [0, 0.05) is 5.57 Å². The number of hydrogen-bond donors (Lipinski definition) is 0. The van der Waals surface area contributed by atoms with Crippen molar-refractivity contribution < 1.29 is 9.53 Å². The van der Waals surface area contributed by atoms with Crippen molar-refractivity contribution >= 4 is 5.97 Å². The van der Waals surface area contributed by atoms with Crippen LogP contribution >= 0.6 is 0 Å². The van der Waals surface area contributed by atoms with E-state index >= 15 is 0 Å². The highest BCUT2D eigenvalue weighted by Crippen LogP contribution is 1.99. The third-order valence-electron chi connectivity index (χ3n) is 1.03. The lowest BCUT2D eigenvalue weighted by Crippen LogP contribution is -2.01. The van der Waals surface area contributed by atoms with E-state index in [4.69, 9.17) is 0 Å². The second-order valence-corrected chi connectivity index (χ2v) is 2.06. The molecule has 2 nitrogen and oxygen atoms in total. The fourth-order valence-corrected chi connectivity index (χ4v) is 0.402. The van der Waals surface area contributed by atoms with Crippen molar-refractivity contribution in [2.75, 3.05) is 7.11 Å². The van der Waals surface area contributed by atoms with E-state index in [2.05, 4.69) is 31.1 Å². The van der Waals surface area contributed by atoms with Crippen LogP contribution in [0.2, 0.25) is 0 Å². The van der Waals surface area contributed by atoms with Gasteiger partial charge < -0.3 is 4.74 Å². The molecule has 0 aliphatic carbocycles. The summed E-state index contributed by atoms with van der Waals surface area (Å²) in [5.41, 5.74) is 0.438. The molecule has 0 spiro atoms. The molecule has 0 heterocycles. The molecule has 0 N–H and O–H groups in total. The van der Waals surface area contributed by atoms with E-state index in [-0.39, 0.29) is 5.97 Å². The molecule has 0 aromatic rings. The summed E-state index contributed by atoms with van der Waals surface area (Å²) in [6, 6.07) is 0. The number of hydrogen-bond acceptors (Lipinski definition) is 2. The van der Waals surface area contributed by atoms with Crippen LogP contribution in [0.25, 0.3) is 0 Å². The van der Waals surface area contributed by atoms with Crippen molar-refractivity contribution in [2.24, 2.45) is 0 Å². The van der Waals surface area contributed by atoms with Gasteiger partial charge >= 0.3 is 5.97 Å². The van der Waals surface area contributed by atoms with Crippen molar-refractivity contribution in [1.29, 1.82) is 0 Å². The molecule has 0 aliphatic heterocycles. The van der Waals surface area contributed by atoms with Crippen LogP contribution in [0.1, 0.15) is 6.42 Å². The zero-order valence-electron chi connectivity index (χ0n) is 8.08. The first-order valence-corrected chi connectivity index (χ1v) is 3.74. The fraction of sp³-hybridized carbons (Fsp3) is 0.182. The highest BCUT2D eigenvalue weighted by molar-refractivity contribution is 5.87. The highest BCUT2D eigenvalue weighted by Gasteiger charge is 2.01. The van der Waals surface area contributed by atoms with E-state index in [1.165, 1.54) is 7.11 Å². The maximum absolute atomic E-state index is 10.5. The lowest BCUT2D eigenvalue weighted by Gasteiger charge is -1.96. The van der Waals surface area contributed by atoms with Crippen LogP contribution in [-0.4, -0.2) is 13.1 Å². The van der Waals surface area contributed by atoms with Gasteiger partial charge in [-0.2, -0.15) is 0 Å². The predicted octanol–water partition coefficient (Wildman–Crippen LogP) is 2.65. The Morgan fingerprint density at radius 2 is 1.77 bits per heavy atom. The second kappa shape index (κ2) is 10.4. The Morgan fingerprint density at radius 1 is 1.31 bits per heavy atom. The number of rotatable bonds is 4.